The van der Waals surface area contributed by atoms with Crippen LogP contribution in [0.5, 0.6) is 0 Å². The van der Waals surface area contributed by atoms with Crippen molar-refractivity contribution in [1.29, 1.82) is 0 Å². The van der Waals surface area contributed by atoms with Crippen molar-refractivity contribution in [3.05, 3.63) is 70.6 Å². The van der Waals surface area contributed by atoms with Crippen LogP contribution in [0.2, 0.25) is 5.02 Å². The Morgan fingerprint density at radius 1 is 1.21 bits per heavy atom. The van der Waals surface area contributed by atoms with Gasteiger partial charge in [-0.15, -0.1) is 0 Å². The maximum Gasteiger partial charge on any atom is 0.253 e. The molecule has 0 radical (unpaired) electrons. The van der Waals surface area contributed by atoms with Gasteiger partial charge in [0.15, 0.2) is 0 Å². The van der Waals surface area contributed by atoms with E-state index in [0.29, 0.717) is 27.1 Å². The Hall–Kier alpha value is -2.66. The number of halogens is 2. The van der Waals surface area contributed by atoms with Crippen LogP contribution >= 0.6 is 11.6 Å². The first kappa shape index (κ1) is 16.2. The summed E-state index contributed by atoms with van der Waals surface area (Å²) in [6.07, 6.45) is 1.47. The lowest BCUT2D eigenvalue weighted by Gasteiger charge is -2.05. The molecule has 1 N–H and O–H groups in total. The molecule has 0 fully saturated rings. The number of rotatable bonds is 3. The average Bonchev–Trinajstić information content (AvgIpc) is 2.92. The summed E-state index contributed by atoms with van der Waals surface area (Å²) < 4.78 is 15.0. The van der Waals surface area contributed by atoms with E-state index in [1.165, 1.54) is 23.8 Å². The Balaban J connectivity index is 1.93. The standard InChI is InChI=1S/C18H14ClFN2O2/c1-11(23)22-10-15(14-8-13(19)6-7-17(14)22)18(24)21-9-12-4-2-3-5-16(12)20/h2-8,10H,9H2,1H3,(H,21,24). The summed E-state index contributed by atoms with van der Waals surface area (Å²) in [5, 5.41) is 3.71. The summed E-state index contributed by atoms with van der Waals surface area (Å²) in [6.45, 7) is 1.47. The molecule has 0 atom stereocenters. The minimum Gasteiger partial charge on any atom is -0.348 e. The van der Waals surface area contributed by atoms with Gasteiger partial charge in [0.1, 0.15) is 5.82 Å². The van der Waals surface area contributed by atoms with Crippen LogP contribution in [0.25, 0.3) is 10.9 Å². The van der Waals surface area contributed by atoms with Crippen molar-refractivity contribution in [3.8, 4) is 0 Å². The van der Waals surface area contributed by atoms with Gasteiger partial charge in [-0.2, -0.15) is 0 Å². The summed E-state index contributed by atoms with van der Waals surface area (Å²) >= 11 is 6.00. The lowest BCUT2D eigenvalue weighted by Crippen LogP contribution is -2.23. The molecule has 1 heterocycles. The number of hydrogen-bond donors (Lipinski definition) is 1. The molecule has 0 bridgehead atoms. The molecule has 0 unspecified atom stereocenters. The predicted octanol–water partition coefficient (Wildman–Crippen LogP) is 4.02. The average molecular weight is 345 g/mol. The van der Waals surface area contributed by atoms with Crippen LogP contribution in [0.15, 0.2) is 48.7 Å². The zero-order chi connectivity index (χ0) is 17.3. The number of aromatic nitrogens is 1. The molecule has 0 spiro atoms. The van der Waals surface area contributed by atoms with Gasteiger partial charge in [-0.3, -0.25) is 14.2 Å². The van der Waals surface area contributed by atoms with E-state index < -0.39 is 5.91 Å². The van der Waals surface area contributed by atoms with E-state index in [1.807, 2.05) is 0 Å². The van der Waals surface area contributed by atoms with Crippen molar-refractivity contribution in [1.82, 2.24) is 9.88 Å². The van der Waals surface area contributed by atoms with Gasteiger partial charge >= 0.3 is 0 Å². The fourth-order valence-electron chi connectivity index (χ4n) is 2.56. The first-order chi connectivity index (χ1) is 11.5. The van der Waals surface area contributed by atoms with Gasteiger partial charge in [-0.1, -0.05) is 29.8 Å². The molecule has 4 nitrogen and oxygen atoms in total. The molecule has 3 rings (SSSR count). The van der Waals surface area contributed by atoms with Crippen LogP contribution in [-0.4, -0.2) is 16.4 Å². The second kappa shape index (κ2) is 6.45. The highest BCUT2D eigenvalue weighted by Crippen LogP contribution is 2.25. The van der Waals surface area contributed by atoms with Gasteiger partial charge in [0.2, 0.25) is 5.91 Å². The molecule has 0 aliphatic rings. The fourth-order valence-corrected chi connectivity index (χ4v) is 2.73. The molecule has 2 aromatic carbocycles. The molecule has 1 aromatic heterocycles. The molecule has 3 aromatic rings. The van der Waals surface area contributed by atoms with Crippen LogP contribution in [-0.2, 0) is 6.54 Å². The number of nitrogens with one attached hydrogen (secondary N) is 1. The second-order valence-corrected chi connectivity index (χ2v) is 5.80. The lowest BCUT2D eigenvalue weighted by molar-refractivity contribution is 0.0941. The van der Waals surface area contributed by atoms with Gasteiger partial charge < -0.3 is 5.32 Å². The van der Waals surface area contributed by atoms with Crippen molar-refractivity contribution < 1.29 is 14.0 Å². The highest BCUT2D eigenvalue weighted by atomic mass is 35.5. The fraction of sp³-hybridized carbons (Fsp3) is 0.111. The normalized spacial score (nSPS) is 10.8. The SMILES string of the molecule is CC(=O)n1cc(C(=O)NCc2ccccc2F)c2cc(Cl)ccc21. The maximum absolute atomic E-state index is 13.6. The largest absolute Gasteiger partial charge is 0.348 e. The third-order valence-electron chi connectivity index (χ3n) is 3.75. The van der Waals surface area contributed by atoms with E-state index in [-0.39, 0.29) is 18.3 Å². The predicted molar refractivity (Wildman–Crippen MR) is 90.8 cm³/mol. The summed E-state index contributed by atoms with van der Waals surface area (Å²) in [5.41, 5.74) is 1.31. The minimum absolute atomic E-state index is 0.0544. The number of fused-ring (bicyclic) bond motifs is 1. The smallest absolute Gasteiger partial charge is 0.253 e. The Labute approximate surface area is 142 Å². The van der Waals surface area contributed by atoms with E-state index in [2.05, 4.69) is 5.32 Å². The first-order valence-electron chi connectivity index (χ1n) is 7.30. The Morgan fingerprint density at radius 2 is 1.96 bits per heavy atom. The van der Waals surface area contributed by atoms with E-state index in [9.17, 15) is 14.0 Å². The van der Waals surface area contributed by atoms with Crippen LogP contribution in [0.4, 0.5) is 4.39 Å². The third-order valence-corrected chi connectivity index (χ3v) is 3.98. The van der Waals surface area contributed by atoms with Gasteiger partial charge in [-0.05, 0) is 24.3 Å². The second-order valence-electron chi connectivity index (χ2n) is 5.37. The molecule has 1 amide bonds. The lowest BCUT2D eigenvalue weighted by atomic mass is 10.1. The Kier molecular flexibility index (Phi) is 4.36. The highest BCUT2D eigenvalue weighted by Gasteiger charge is 2.17. The quantitative estimate of drug-likeness (QED) is 0.780. The maximum atomic E-state index is 13.6. The molecule has 122 valence electrons. The molecule has 6 heteroatoms. The Bertz CT molecular complexity index is 949. The first-order valence-corrected chi connectivity index (χ1v) is 7.68. The number of amides is 1. The Morgan fingerprint density at radius 3 is 2.67 bits per heavy atom. The highest BCUT2D eigenvalue weighted by molar-refractivity contribution is 6.31. The topological polar surface area (TPSA) is 51.1 Å². The van der Waals surface area contributed by atoms with Crippen LogP contribution in [0.1, 0.15) is 27.6 Å². The van der Waals surface area contributed by atoms with E-state index in [0.717, 1.165) is 0 Å². The summed E-state index contributed by atoms with van der Waals surface area (Å²) in [4.78, 5) is 24.2. The monoisotopic (exact) mass is 344 g/mol. The van der Waals surface area contributed by atoms with Gasteiger partial charge in [-0.25, -0.2) is 4.39 Å². The molecular weight excluding hydrogens is 331 g/mol. The summed E-state index contributed by atoms with van der Waals surface area (Å²) in [5.74, 6) is -0.993. The van der Waals surface area contributed by atoms with Gasteiger partial charge in [0, 0.05) is 35.6 Å². The number of carbonyl (C=O) groups is 2. The molecule has 24 heavy (non-hydrogen) atoms. The van der Waals surface area contributed by atoms with Crippen LogP contribution < -0.4 is 5.32 Å². The van der Waals surface area contributed by atoms with Crippen molar-refractivity contribution in [2.45, 2.75) is 13.5 Å². The summed E-state index contributed by atoms with van der Waals surface area (Å²) in [7, 11) is 0. The van der Waals surface area contributed by atoms with Gasteiger partial charge in [0.25, 0.3) is 5.91 Å². The number of hydrogen-bond acceptors (Lipinski definition) is 2. The van der Waals surface area contributed by atoms with Crippen LogP contribution in [0, 0.1) is 5.82 Å². The number of carbonyl (C=O) groups excluding carboxylic acids is 2. The zero-order valence-corrected chi connectivity index (χ0v) is 13.6. The number of benzene rings is 2. The van der Waals surface area contributed by atoms with E-state index >= 15 is 0 Å². The number of nitrogens with zero attached hydrogens (tertiary/aromatic N) is 1. The van der Waals surface area contributed by atoms with Gasteiger partial charge in [0.05, 0.1) is 11.1 Å². The molecular formula is C18H14ClFN2O2. The van der Waals surface area contributed by atoms with Crippen molar-refractivity contribution in [2.75, 3.05) is 0 Å². The molecule has 0 saturated heterocycles. The van der Waals surface area contributed by atoms with Crippen LogP contribution in [0.3, 0.4) is 0 Å². The zero-order valence-electron chi connectivity index (χ0n) is 12.8. The molecule has 0 aliphatic heterocycles. The van der Waals surface area contributed by atoms with E-state index in [1.54, 1.807) is 36.4 Å². The molecule has 0 aliphatic carbocycles. The van der Waals surface area contributed by atoms with Crippen molar-refractivity contribution in [3.63, 3.8) is 0 Å². The minimum atomic E-state index is -0.398. The summed E-state index contributed by atoms with van der Waals surface area (Å²) in [6, 6.07) is 11.2. The van der Waals surface area contributed by atoms with E-state index in [4.69, 9.17) is 11.6 Å². The van der Waals surface area contributed by atoms with Crippen molar-refractivity contribution >= 4 is 34.3 Å². The third kappa shape index (κ3) is 3.03. The molecule has 0 saturated carbocycles. The van der Waals surface area contributed by atoms with Crippen molar-refractivity contribution in [2.24, 2.45) is 0 Å².